The summed E-state index contributed by atoms with van der Waals surface area (Å²) in [6, 6.07) is 0. The van der Waals surface area contributed by atoms with Gasteiger partial charge >= 0.3 is 21.7 Å². The van der Waals surface area contributed by atoms with Gasteiger partial charge in [0.1, 0.15) is 0 Å². The smallest absolute Gasteiger partial charge is 0.668 e. The second-order valence-electron chi connectivity index (χ2n) is 12.0. The number of rotatable bonds is 6. The van der Waals surface area contributed by atoms with Crippen molar-refractivity contribution in [3.8, 4) is 0 Å². The predicted molar refractivity (Wildman–Crippen MR) is 185 cm³/mol. The van der Waals surface area contributed by atoms with Crippen LogP contribution in [0.3, 0.4) is 0 Å². The molecule has 6 nitrogen and oxygen atoms in total. The Kier molecular flexibility index (Phi) is 22.8. The molecule has 0 unspecified atom stereocenters. The fourth-order valence-electron chi connectivity index (χ4n) is 3.79. The van der Waals surface area contributed by atoms with Crippen molar-refractivity contribution in [2.75, 3.05) is 28.2 Å². The Balaban J connectivity index is 0.00000107. The zero-order chi connectivity index (χ0) is 48.4. The molecule has 0 N–H and O–H groups in total. The van der Waals surface area contributed by atoms with Crippen molar-refractivity contribution >= 4 is 34.4 Å². The molecule has 4 aromatic carbocycles. The van der Waals surface area contributed by atoms with E-state index in [0.717, 1.165) is 0 Å². The molecule has 0 bridgehead atoms. The summed E-state index contributed by atoms with van der Waals surface area (Å²) in [5, 5.41) is 13.1. The second-order valence-corrected chi connectivity index (χ2v) is 12.0. The van der Waals surface area contributed by atoms with Crippen molar-refractivity contribution in [1.82, 2.24) is 0 Å². The van der Waals surface area contributed by atoms with Crippen LogP contribution in [0.15, 0.2) is 9.98 Å². The van der Waals surface area contributed by atoms with E-state index in [2.05, 4.69) is 31.3 Å². The summed E-state index contributed by atoms with van der Waals surface area (Å²) in [5.74, 6) is -51.8. The molecule has 344 valence electrons. The molecular weight excluding hydrogens is 944 g/mol. The van der Waals surface area contributed by atoms with Crippen LogP contribution in [0, 0.1) is 128 Å². The standard InChI is InChI=1S/2C16H7F10N2.2C2H6N.Ti/c2*1-3(2)16(27-14-10(23)6(19)4(17)7(20)11(14)24)28-15-12(25)8(21)5(18)9(22)13(15)26;2*1-3-2;/h2*3H,1-2H3;2*1-2H3;/q4*-1;+4. The second kappa shape index (κ2) is 24.8. The van der Waals surface area contributed by atoms with Gasteiger partial charge in [0.25, 0.3) is 0 Å². The minimum atomic E-state index is -2.48. The number of amidine groups is 2. The number of hydrogen-bond donors (Lipinski definition) is 0. The van der Waals surface area contributed by atoms with Gasteiger partial charge in [-0.25, -0.2) is 87.8 Å². The Morgan fingerprint density at radius 3 is 0.603 bits per heavy atom. The third kappa shape index (κ3) is 13.1. The van der Waals surface area contributed by atoms with Crippen LogP contribution in [-0.2, 0) is 21.7 Å². The van der Waals surface area contributed by atoms with Crippen LogP contribution < -0.4 is 0 Å². The van der Waals surface area contributed by atoms with Crippen LogP contribution in [0.5, 0.6) is 0 Å². The zero-order valence-electron chi connectivity index (χ0n) is 32.9. The molecule has 0 radical (unpaired) electrons. The van der Waals surface area contributed by atoms with Crippen molar-refractivity contribution in [3.05, 3.63) is 138 Å². The topological polar surface area (TPSA) is 81.1 Å². The predicted octanol–water partition coefficient (Wildman–Crippen LogP) is 14.2. The van der Waals surface area contributed by atoms with E-state index in [9.17, 15) is 87.8 Å². The largest absolute Gasteiger partial charge is 4.00 e. The summed E-state index contributed by atoms with van der Waals surface area (Å²) in [5.41, 5.74) is -6.97. The third-order valence-electron chi connectivity index (χ3n) is 6.68. The van der Waals surface area contributed by atoms with Crippen molar-refractivity contribution in [2.45, 2.75) is 27.7 Å². The summed E-state index contributed by atoms with van der Waals surface area (Å²) in [4.78, 5) is 6.12. The number of aliphatic imine (C=N–C) groups is 2. The molecule has 0 fully saturated rings. The van der Waals surface area contributed by atoms with Crippen LogP contribution >= 0.6 is 0 Å². The first-order valence-corrected chi connectivity index (χ1v) is 16.2. The minimum Gasteiger partial charge on any atom is -0.668 e. The first kappa shape index (κ1) is 58.1. The summed E-state index contributed by atoms with van der Waals surface area (Å²) >= 11 is 0. The van der Waals surface area contributed by atoms with Crippen LogP contribution in [0.25, 0.3) is 21.3 Å². The Morgan fingerprint density at radius 1 is 0.302 bits per heavy atom. The third-order valence-corrected chi connectivity index (χ3v) is 6.68. The molecule has 4 rings (SSSR count). The maximum absolute atomic E-state index is 13.7. The van der Waals surface area contributed by atoms with Gasteiger partial charge in [-0.05, 0) is 11.8 Å². The number of benzene rings is 4. The molecule has 0 saturated carbocycles. The molecule has 0 heterocycles. The number of nitrogens with zero attached hydrogens (tertiary/aromatic N) is 6. The average Bonchev–Trinajstić information content (AvgIpc) is 3.22. The molecular formula is C36H26F20N6Ti. The normalized spacial score (nSPS) is 11.3. The van der Waals surface area contributed by atoms with Crippen molar-refractivity contribution < 1.29 is 110 Å². The van der Waals surface area contributed by atoms with Gasteiger partial charge in [0.2, 0.25) is 23.3 Å². The summed E-state index contributed by atoms with van der Waals surface area (Å²) in [6.07, 6.45) is 0. The molecule has 0 aliphatic heterocycles. The van der Waals surface area contributed by atoms with Gasteiger partial charge < -0.3 is 31.3 Å². The summed E-state index contributed by atoms with van der Waals surface area (Å²) in [7, 11) is 7.00. The Labute approximate surface area is 358 Å². The number of halogens is 20. The molecule has 0 aliphatic carbocycles. The molecule has 27 heteroatoms. The first-order chi connectivity index (χ1) is 28.6. The fraction of sp³-hybridized carbons (Fsp3) is 0.278. The van der Waals surface area contributed by atoms with E-state index in [4.69, 9.17) is 0 Å². The van der Waals surface area contributed by atoms with Gasteiger partial charge in [0.15, 0.2) is 93.1 Å². The SMILES string of the molecule is CC(C)C(=Nc1c(F)c(F)c(F)c(F)c1F)[N-]c1c(F)c(F)c(F)c(F)c1F.CC(C)C(=Nc1c(F)c(F)c(F)c(F)c1F)[N-]c1c(F)c(F)c(F)c(F)c1F.C[N-]C.C[N-]C.[Ti+4]. The first-order valence-electron chi connectivity index (χ1n) is 16.2. The van der Waals surface area contributed by atoms with Gasteiger partial charge in [-0.1, -0.05) is 39.4 Å². The van der Waals surface area contributed by atoms with Crippen molar-refractivity contribution in [3.63, 3.8) is 0 Å². The van der Waals surface area contributed by atoms with E-state index in [-0.39, 0.29) is 21.7 Å². The number of hydrogen-bond acceptors (Lipinski definition) is 2. The summed E-state index contributed by atoms with van der Waals surface area (Å²) in [6.45, 7) is 4.67. The van der Waals surface area contributed by atoms with Crippen LogP contribution in [0.4, 0.5) is 111 Å². The molecule has 0 atom stereocenters. The van der Waals surface area contributed by atoms with E-state index in [0.29, 0.717) is 0 Å². The van der Waals surface area contributed by atoms with E-state index < -0.39 is 163 Å². The average molecular weight is 970 g/mol. The minimum absolute atomic E-state index is 0. The van der Waals surface area contributed by atoms with Gasteiger partial charge in [-0.15, -0.1) is 0 Å². The Morgan fingerprint density at radius 2 is 0.444 bits per heavy atom. The van der Waals surface area contributed by atoms with Crippen LogP contribution in [0.1, 0.15) is 27.7 Å². The Hall–Kier alpha value is -4.95. The quantitative estimate of drug-likeness (QED) is 0.0461. The van der Waals surface area contributed by atoms with E-state index >= 15 is 0 Å². The molecule has 0 spiro atoms. The van der Waals surface area contributed by atoms with E-state index in [1.165, 1.54) is 27.7 Å². The summed E-state index contributed by atoms with van der Waals surface area (Å²) < 4.78 is 268. The van der Waals surface area contributed by atoms with Gasteiger partial charge in [-0.2, -0.15) is 28.2 Å². The maximum atomic E-state index is 13.7. The molecule has 0 saturated heterocycles. The van der Waals surface area contributed by atoms with Crippen molar-refractivity contribution in [2.24, 2.45) is 21.8 Å². The molecule has 63 heavy (non-hydrogen) atoms. The van der Waals surface area contributed by atoms with Crippen LogP contribution in [0.2, 0.25) is 0 Å². The van der Waals surface area contributed by atoms with Gasteiger partial charge in [-0.3, -0.25) is 0 Å². The molecule has 0 amide bonds. The molecule has 0 aliphatic rings. The monoisotopic (exact) mass is 970 g/mol. The van der Waals surface area contributed by atoms with E-state index in [1.807, 2.05) is 0 Å². The zero-order valence-corrected chi connectivity index (χ0v) is 34.5. The fourth-order valence-corrected chi connectivity index (χ4v) is 3.79. The molecule has 4 aromatic rings. The van der Waals surface area contributed by atoms with Gasteiger partial charge in [0.05, 0.1) is 0 Å². The van der Waals surface area contributed by atoms with Crippen molar-refractivity contribution in [1.29, 1.82) is 0 Å². The maximum Gasteiger partial charge on any atom is 4.00 e. The van der Waals surface area contributed by atoms with E-state index in [1.54, 1.807) is 28.2 Å². The Bertz CT molecular complexity index is 2060. The van der Waals surface area contributed by atoms with Crippen LogP contribution in [-0.4, -0.2) is 39.9 Å². The van der Waals surface area contributed by atoms with Gasteiger partial charge in [0, 0.05) is 22.7 Å². The molecule has 0 aromatic heterocycles.